The van der Waals surface area contributed by atoms with Gasteiger partial charge in [0.25, 0.3) is 0 Å². The van der Waals surface area contributed by atoms with Gasteiger partial charge >= 0.3 is 0 Å². The number of aromatic nitrogens is 2. The van der Waals surface area contributed by atoms with E-state index < -0.39 is 10.0 Å². The van der Waals surface area contributed by atoms with Crippen molar-refractivity contribution in [3.8, 4) is 0 Å². The van der Waals surface area contributed by atoms with Crippen molar-refractivity contribution >= 4 is 21.8 Å². The molecule has 1 aliphatic rings. The SMILES string of the molecule is Cc1[nH]nc(CN)c1S(=O)(=O)NCC1CCCS1. The van der Waals surface area contributed by atoms with Crippen molar-refractivity contribution in [3.63, 3.8) is 0 Å². The third kappa shape index (κ3) is 2.87. The Morgan fingerprint density at radius 3 is 3.00 bits per heavy atom. The zero-order valence-corrected chi connectivity index (χ0v) is 11.9. The Labute approximate surface area is 111 Å². The molecule has 2 rings (SSSR count). The molecule has 18 heavy (non-hydrogen) atoms. The van der Waals surface area contributed by atoms with Crippen molar-refractivity contribution in [2.75, 3.05) is 12.3 Å². The van der Waals surface area contributed by atoms with Crippen LogP contribution in [-0.2, 0) is 16.6 Å². The highest BCUT2D eigenvalue weighted by Crippen LogP contribution is 2.26. The van der Waals surface area contributed by atoms with Crippen LogP contribution in [0.15, 0.2) is 4.90 Å². The van der Waals surface area contributed by atoms with Gasteiger partial charge in [0.1, 0.15) is 4.90 Å². The maximum atomic E-state index is 12.2. The van der Waals surface area contributed by atoms with Crippen molar-refractivity contribution in [3.05, 3.63) is 11.4 Å². The summed E-state index contributed by atoms with van der Waals surface area (Å²) in [5.41, 5.74) is 6.42. The Balaban J connectivity index is 2.11. The third-order valence-corrected chi connectivity index (χ3v) is 5.97. The summed E-state index contributed by atoms with van der Waals surface area (Å²) in [6.07, 6.45) is 2.23. The van der Waals surface area contributed by atoms with Crippen LogP contribution in [0.1, 0.15) is 24.2 Å². The lowest BCUT2D eigenvalue weighted by Gasteiger charge is -2.11. The molecule has 102 valence electrons. The van der Waals surface area contributed by atoms with Gasteiger partial charge in [-0.3, -0.25) is 5.10 Å². The van der Waals surface area contributed by atoms with E-state index in [9.17, 15) is 8.42 Å². The molecule has 8 heteroatoms. The summed E-state index contributed by atoms with van der Waals surface area (Å²) in [6.45, 7) is 2.27. The normalized spacial score (nSPS) is 20.4. The van der Waals surface area contributed by atoms with Gasteiger partial charge in [-0.25, -0.2) is 13.1 Å². The molecule has 2 heterocycles. The molecule has 1 unspecified atom stereocenters. The van der Waals surface area contributed by atoms with Crippen LogP contribution in [0, 0.1) is 6.92 Å². The van der Waals surface area contributed by atoms with Crippen molar-refractivity contribution in [1.29, 1.82) is 0 Å². The topological polar surface area (TPSA) is 101 Å². The van der Waals surface area contributed by atoms with Crippen molar-refractivity contribution in [1.82, 2.24) is 14.9 Å². The summed E-state index contributed by atoms with van der Waals surface area (Å²) in [4.78, 5) is 0.202. The third-order valence-electron chi connectivity index (χ3n) is 2.95. The van der Waals surface area contributed by atoms with Crippen LogP contribution in [0.4, 0.5) is 0 Å². The standard InChI is InChI=1S/C10H18N4O2S2/c1-7-10(9(5-11)14-13-7)18(15,16)12-6-8-3-2-4-17-8/h8,12H,2-6,11H2,1H3,(H,13,14). The largest absolute Gasteiger partial charge is 0.325 e. The lowest BCUT2D eigenvalue weighted by atomic mass is 10.2. The number of thioether (sulfide) groups is 1. The number of nitrogens with two attached hydrogens (primary N) is 1. The van der Waals surface area contributed by atoms with Gasteiger partial charge in [-0.15, -0.1) is 0 Å². The van der Waals surface area contributed by atoms with Gasteiger partial charge in [0, 0.05) is 18.3 Å². The maximum absolute atomic E-state index is 12.2. The number of nitrogens with one attached hydrogen (secondary N) is 2. The Morgan fingerprint density at radius 2 is 2.39 bits per heavy atom. The highest BCUT2D eigenvalue weighted by molar-refractivity contribution is 8.00. The fraction of sp³-hybridized carbons (Fsp3) is 0.700. The molecule has 0 saturated carbocycles. The number of rotatable bonds is 5. The number of sulfonamides is 1. The molecule has 0 amide bonds. The van der Waals surface area contributed by atoms with Gasteiger partial charge in [-0.05, 0) is 25.5 Å². The van der Waals surface area contributed by atoms with Crippen LogP contribution in [0.3, 0.4) is 0 Å². The highest BCUT2D eigenvalue weighted by atomic mass is 32.2. The summed E-state index contributed by atoms with van der Waals surface area (Å²) in [5, 5.41) is 6.96. The van der Waals surface area contributed by atoms with Crippen LogP contribution in [0.25, 0.3) is 0 Å². The number of hydrogen-bond donors (Lipinski definition) is 3. The van der Waals surface area contributed by atoms with Crippen LogP contribution in [0.2, 0.25) is 0 Å². The van der Waals surface area contributed by atoms with Crippen molar-refractivity contribution in [2.45, 2.75) is 36.5 Å². The first-order valence-electron chi connectivity index (χ1n) is 5.90. The second-order valence-corrected chi connectivity index (χ2v) is 7.43. The maximum Gasteiger partial charge on any atom is 0.244 e. The van der Waals surface area contributed by atoms with Crippen molar-refractivity contribution < 1.29 is 8.42 Å². The van der Waals surface area contributed by atoms with Crippen LogP contribution < -0.4 is 10.5 Å². The molecule has 1 aromatic rings. The lowest BCUT2D eigenvalue weighted by molar-refractivity contribution is 0.577. The molecule has 1 atom stereocenters. The molecule has 0 radical (unpaired) electrons. The average molecular weight is 290 g/mol. The van der Waals surface area contributed by atoms with E-state index in [-0.39, 0.29) is 11.4 Å². The number of nitrogens with zero attached hydrogens (tertiary/aromatic N) is 1. The minimum atomic E-state index is -3.51. The molecule has 1 fully saturated rings. The predicted octanol–water partition coefficient (Wildman–Crippen LogP) is 0.351. The first kappa shape index (κ1) is 13.9. The van der Waals surface area contributed by atoms with Crippen LogP contribution in [0.5, 0.6) is 0 Å². The molecular weight excluding hydrogens is 272 g/mol. The molecule has 0 aliphatic carbocycles. The molecule has 4 N–H and O–H groups in total. The van der Waals surface area contributed by atoms with Gasteiger partial charge in [0.05, 0.1) is 11.4 Å². The summed E-state index contributed by atoms with van der Waals surface area (Å²) in [7, 11) is -3.51. The summed E-state index contributed by atoms with van der Waals surface area (Å²) in [5.74, 6) is 1.12. The molecule has 0 bridgehead atoms. The van der Waals surface area contributed by atoms with E-state index in [0.717, 1.165) is 18.6 Å². The van der Waals surface area contributed by atoms with Gasteiger partial charge in [-0.2, -0.15) is 16.9 Å². The highest BCUT2D eigenvalue weighted by Gasteiger charge is 2.25. The summed E-state index contributed by atoms with van der Waals surface area (Å²) in [6, 6.07) is 0. The van der Waals surface area contributed by atoms with Gasteiger partial charge in [0.15, 0.2) is 0 Å². The van der Waals surface area contributed by atoms with Gasteiger partial charge < -0.3 is 5.73 Å². The summed E-state index contributed by atoms with van der Waals surface area (Å²) >= 11 is 1.82. The quantitative estimate of drug-likeness (QED) is 0.726. The first-order valence-corrected chi connectivity index (χ1v) is 8.43. The zero-order chi connectivity index (χ0) is 13.2. The Hall–Kier alpha value is -0.570. The molecule has 0 aromatic carbocycles. The van der Waals surface area contributed by atoms with E-state index in [1.807, 2.05) is 11.8 Å². The molecule has 6 nitrogen and oxygen atoms in total. The molecule has 1 aliphatic heterocycles. The Bertz CT molecular complexity index is 506. The smallest absolute Gasteiger partial charge is 0.244 e. The predicted molar refractivity (Wildman–Crippen MR) is 71.9 cm³/mol. The van der Waals surface area contributed by atoms with E-state index >= 15 is 0 Å². The van der Waals surface area contributed by atoms with E-state index in [0.29, 0.717) is 23.2 Å². The zero-order valence-electron chi connectivity index (χ0n) is 10.3. The van der Waals surface area contributed by atoms with Crippen LogP contribution >= 0.6 is 11.8 Å². The lowest BCUT2D eigenvalue weighted by Crippen LogP contribution is -2.30. The Kier molecular flexibility index (Phi) is 4.31. The molecule has 1 saturated heterocycles. The minimum Gasteiger partial charge on any atom is -0.325 e. The fourth-order valence-electron chi connectivity index (χ4n) is 2.04. The van der Waals surface area contributed by atoms with Gasteiger partial charge in [0.2, 0.25) is 10.0 Å². The molecule has 0 spiro atoms. The van der Waals surface area contributed by atoms with Crippen LogP contribution in [-0.4, -0.2) is 36.2 Å². The van der Waals surface area contributed by atoms with E-state index in [1.165, 1.54) is 0 Å². The number of H-pyrrole nitrogens is 1. The fourth-order valence-corrected chi connectivity index (χ4v) is 4.80. The van der Waals surface area contributed by atoms with E-state index in [4.69, 9.17) is 5.73 Å². The monoisotopic (exact) mass is 290 g/mol. The second kappa shape index (κ2) is 5.60. The van der Waals surface area contributed by atoms with Crippen molar-refractivity contribution in [2.24, 2.45) is 5.73 Å². The molecule has 1 aromatic heterocycles. The second-order valence-electron chi connectivity index (χ2n) is 4.32. The first-order chi connectivity index (χ1) is 8.54. The van der Waals surface area contributed by atoms with E-state index in [1.54, 1.807) is 6.92 Å². The van der Waals surface area contributed by atoms with E-state index in [2.05, 4.69) is 14.9 Å². The van der Waals surface area contributed by atoms with Gasteiger partial charge in [-0.1, -0.05) is 0 Å². The molecular formula is C10H18N4O2S2. The number of hydrogen-bond acceptors (Lipinski definition) is 5. The number of aryl methyl sites for hydroxylation is 1. The number of aromatic amines is 1. The minimum absolute atomic E-state index is 0.110. The Morgan fingerprint density at radius 1 is 1.61 bits per heavy atom. The summed E-state index contributed by atoms with van der Waals surface area (Å²) < 4.78 is 27.1. The average Bonchev–Trinajstić information content (AvgIpc) is 2.95.